The van der Waals surface area contributed by atoms with Crippen molar-refractivity contribution in [2.45, 2.75) is 45.8 Å². The van der Waals surface area contributed by atoms with Gasteiger partial charge in [-0.25, -0.2) is 0 Å². The van der Waals surface area contributed by atoms with Crippen molar-refractivity contribution < 1.29 is 5.11 Å². The van der Waals surface area contributed by atoms with Gasteiger partial charge in [0.2, 0.25) is 0 Å². The normalized spacial score (nSPS) is 15.2. The standard InChI is InChI=1S/C14H23NO/c1-9(2)12-7-6-10(3)13(8-12)14(15-5)11(4)16/h6-9,11,14-16H,1-5H3. The monoisotopic (exact) mass is 221 g/mol. The lowest BCUT2D eigenvalue weighted by Crippen LogP contribution is -2.27. The number of aliphatic hydroxyl groups is 1. The van der Waals surface area contributed by atoms with Crippen LogP contribution in [-0.4, -0.2) is 18.3 Å². The largest absolute Gasteiger partial charge is 0.391 e. The van der Waals surface area contributed by atoms with Crippen molar-refractivity contribution in [2.75, 3.05) is 7.05 Å². The Morgan fingerprint density at radius 1 is 1.19 bits per heavy atom. The van der Waals surface area contributed by atoms with Crippen LogP contribution in [-0.2, 0) is 0 Å². The molecule has 0 aliphatic rings. The molecule has 2 N–H and O–H groups in total. The Kier molecular flexibility index (Phi) is 4.51. The van der Waals surface area contributed by atoms with Gasteiger partial charge in [0, 0.05) is 0 Å². The molecule has 90 valence electrons. The molecule has 16 heavy (non-hydrogen) atoms. The van der Waals surface area contributed by atoms with Crippen LogP contribution in [0.1, 0.15) is 49.4 Å². The summed E-state index contributed by atoms with van der Waals surface area (Å²) in [5.41, 5.74) is 3.75. The zero-order chi connectivity index (χ0) is 12.3. The first kappa shape index (κ1) is 13.2. The first-order valence-electron chi connectivity index (χ1n) is 5.93. The Morgan fingerprint density at radius 2 is 1.81 bits per heavy atom. The lowest BCUT2D eigenvalue weighted by atomic mass is 9.92. The third kappa shape index (κ3) is 2.83. The van der Waals surface area contributed by atoms with Gasteiger partial charge in [-0.15, -0.1) is 0 Å². The molecule has 0 radical (unpaired) electrons. The average Bonchev–Trinajstić information content (AvgIpc) is 2.20. The minimum atomic E-state index is -0.383. The number of hydrogen-bond donors (Lipinski definition) is 2. The highest BCUT2D eigenvalue weighted by Crippen LogP contribution is 2.25. The van der Waals surface area contributed by atoms with Crippen LogP contribution in [0.4, 0.5) is 0 Å². The van der Waals surface area contributed by atoms with Crippen molar-refractivity contribution in [2.24, 2.45) is 0 Å². The molecule has 0 saturated carbocycles. The van der Waals surface area contributed by atoms with E-state index >= 15 is 0 Å². The number of rotatable bonds is 4. The smallest absolute Gasteiger partial charge is 0.0706 e. The summed E-state index contributed by atoms with van der Waals surface area (Å²) in [6, 6.07) is 6.52. The number of aryl methyl sites for hydroxylation is 1. The Hall–Kier alpha value is -0.860. The summed E-state index contributed by atoms with van der Waals surface area (Å²) in [7, 11) is 1.89. The van der Waals surface area contributed by atoms with Gasteiger partial charge in [-0.2, -0.15) is 0 Å². The number of likely N-dealkylation sites (N-methyl/N-ethyl adjacent to an activating group) is 1. The second kappa shape index (κ2) is 5.46. The second-order valence-electron chi connectivity index (χ2n) is 4.78. The summed E-state index contributed by atoms with van der Waals surface area (Å²) < 4.78 is 0. The zero-order valence-corrected chi connectivity index (χ0v) is 10.9. The fraction of sp³-hybridized carbons (Fsp3) is 0.571. The van der Waals surface area contributed by atoms with Crippen LogP contribution < -0.4 is 5.32 Å². The van der Waals surface area contributed by atoms with Gasteiger partial charge in [-0.05, 0) is 43.5 Å². The van der Waals surface area contributed by atoms with E-state index in [1.54, 1.807) is 0 Å². The first-order chi connectivity index (χ1) is 7.47. The molecule has 1 rings (SSSR count). The minimum absolute atomic E-state index is 0.0127. The van der Waals surface area contributed by atoms with Gasteiger partial charge in [-0.3, -0.25) is 0 Å². The maximum absolute atomic E-state index is 9.76. The molecule has 2 nitrogen and oxygen atoms in total. The van der Waals surface area contributed by atoms with Crippen LogP contribution in [0.15, 0.2) is 18.2 Å². The van der Waals surface area contributed by atoms with Crippen LogP contribution in [0.5, 0.6) is 0 Å². The molecule has 1 aromatic rings. The highest BCUT2D eigenvalue weighted by atomic mass is 16.3. The number of nitrogens with one attached hydrogen (secondary N) is 1. The maximum atomic E-state index is 9.76. The van der Waals surface area contributed by atoms with Crippen molar-refractivity contribution in [3.05, 3.63) is 34.9 Å². The maximum Gasteiger partial charge on any atom is 0.0706 e. The van der Waals surface area contributed by atoms with Crippen LogP contribution in [0.3, 0.4) is 0 Å². The van der Waals surface area contributed by atoms with E-state index in [2.05, 4.69) is 44.3 Å². The predicted molar refractivity (Wildman–Crippen MR) is 68.7 cm³/mol. The molecule has 2 unspecified atom stereocenters. The van der Waals surface area contributed by atoms with E-state index in [9.17, 15) is 5.11 Å². The van der Waals surface area contributed by atoms with Crippen molar-refractivity contribution in [1.29, 1.82) is 0 Å². The summed E-state index contributed by atoms with van der Waals surface area (Å²) >= 11 is 0. The summed E-state index contributed by atoms with van der Waals surface area (Å²) in [6.45, 7) is 8.28. The minimum Gasteiger partial charge on any atom is -0.391 e. The van der Waals surface area contributed by atoms with Crippen LogP contribution >= 0.6 is 0 Å². The Bertz CT molecular complexity index is 345. The molecule has 0 saturated heterocycles. The Morgan fingerprint density at radius 3 is 2.25 bits per heavy atom. The van der Waals surface area contributed by atoms with Crippen molar-refractivity contribution in [3.63, 3.8) is 0 Å². The lowest BCUT2D eigenvalue weighted by molar-refractivity contribution is 0.149. The van der Waals surface area contributed by atoms with E-state index in [1.807, 2.05) is 14.0 Å². The van der Waals surface area contributed by atoms with Crippen LogP contribution in [0.2, 0.25) is 0 Å². The molecule has 2 heteroatoms. The van der Waals surface area contributed by atoms with Gasteiger partial charge in [-0.1, -0.05) is 32.0 Å². The molecule has 0 aliphatic carbocycles. The summed E-state index contributed by atoms with van der Waals surface area (Å²) in [5, 5.41) is 12.9. The van der Waals surface area contributed by atoms with E-state index in [1.165, 1.54) is 16.7 Å². The molecular weight excluding hydrogens is 198 g/mol. The SMILES string of the molecule is CNC(c1cc(C(C)C)ccc1C)C(C)O. The quantitative estimate of drug-likeness (QED) is 0.819. The van der Waals surface area contributed by atoms with Crippen molar-refractivity contribution in [1.82, 2.24) is 5.32 Å². The lowest BCUT2D eigenvalue weighted by Gasteiger charge is -2.23. The molecule has 0 fully saturated rings. The highest BCUT2D eigenvalue weighted by molar-refractivity contribution is 5.35. The number of aliphatic hydroxyl groups excluding tert-OH is 1. The van der Waals surface area contributed by atoms with E-state index in [4.69, 9.17) is 0 Å². The molecule has 0 spiro atoms. The predicted octanol–water partition coefficient (Wildman–Crippen LogP) is 2.76. The first-order valence-corrected chi connectivity index (χ1v) is 5.93. The number of hydrogen-bond acceptors (Lipinski definition) is 2. The van der Waals surface area contributed by atoms with Crippen molar-refractivity contribution in [3.8, 4) is 0 Å². The third-order valence-electron chi connectivity index (χ3n) is 3.10. The molecule has 0 heterocycles. The summed E-state index contributed by atoms with van der Waals surface area (Å²) in [5.74, 6) is 0.519. The van der Waals surface area contributed by atoms with Crippen molar-refractivity contribution >= 4 is 0 Å². The number of benzene rings is 1. The summed E-state index contributed by atoms with van der Waals surface area (Å²) in [4.78, 5) is 0. The molecule has 1 aromatic carbocycles. The summed E-state index contributed by atoms with van der Waals surface area (Å²) in [6.07, 6.45) is -0.383. The molecule has 0 bridgehead atoms. The van der Waals surface area contributed by atoms with Crippen LogP contribution in [0, 0.1) is 6.92 Å². The van der Waals surface area contributed by atoms with Gasteiger partial charge < -0.3 is 10.4 Å². The van der Waals surface area contributed by atoms with E-state index in [0.717, 1.165) is 0 Å². The zero-order valence-electron chi connectivity index (χ0n) is 10.9. The second-order valence-corrected chi connectivity index (χ2v) is 4.78. The van der Waals surface area contributed by atoms with E-state index in [0.29, 0.717) is 5.92 Å². The van der Waals surface area contributed by atoms with Crippen LogP contribution in [0.25, 0.3) is 0 Å². The fourth-order valence-electron chi connectivity index (χ4n) is 2.01. The molecule has 0 aliphatic heterocycles. The topological polar surface area (TPSA) is 32.3 Å². The van der Waals surface area contributed by atoms with E-state index in [-0.39, 0.29) is 12.1 Å². The molecular formula is C14H23NO. The van der Waals surface area contributed by atoms with Gasteiger partial charge >= 0.3 is 0 Å². The Balaban J connectivity index is 3.14. The molecule has 0 aromatic heterocycles. The highest BCUT2D eigenvalue weighted by Gasteiger charge is 2.17. The third-order valence-corrected chi connectivity index (χ3v) is 3.10. The molecule has 0 amide bonds. The fourth-order valence-corrected chi connectivity index (χ4v) is 2.01. The van der Waals surface area contributed by atoms with Gasteiger partial charge in [0.25, 0.3) is 0 Å². The Labute approximate surface area is 98.7 Å². The van der Waals surface area contributed by atoms with Gasteiger partial charge in [0.1, 0.15) is 0 Å². The van der Waals surface area contributed by atoms with E-state index < -0.39 is 0 Å². The average molecular weight is 221 g/mol. The van der Waals surface area contributed by atoms with Gasteiger partial charge in [0.05, 0.1) is 12.1 Å². The van der Waals surface area contributed by atoms with Gasteiger partial charge in [0.15, 0.2) is 0 Å². The molecule has 2 atom stereocenters.